The first-order chi connectivity index (χ1) is 16.0. The quantitative estimate of drug-likeness (QED) is 0.485. The number of hydrogen-bond donors (Lipinski definition) is 1. The summed E-state index contributed by atoms with van der Waals surface area (Å²) in [6.45, 7) is 4.71. The number of anilines is 1. The van der Waals surface area contributed by atoms with E-state index in [1.807, 2.05) is 42.5 Å². The highest BCUT2D eigenvalue weighted by Crippen LogP contribution is 2.41. The maximum absolute atomic E-state index is 13.3. The number of fused-ring (bicyclic) bond motifs is 1. The number of thioether (sulfide) groups is 1. The van der Waals surface area contributed by atoms with E-state index in [1.54, 1.807) is 4.90 Å². The molecule has 0 aromatic heterocycles. The molecule has 1 heterocycles. The minimum Gasteiger partial charge on any atom is -0.354 e. The summed E-state index contributed by atoms with van der Waals surface area (Å²) >= 11 is 1.46. The van der Waals surface area contributed by atoms with Crippen molar-refractivity contribution in [1.82, 2.24) is 5.32 Å². The van der Waals surface area contributed by atoms with Gasteiger partial charge in [-0.25, -0.2) is 0 Å². The number of hydrogen-bond acceptors (Lipinski definition) is 3. The Morgan fingerprint density at radius 3 is 2.39 bits per heavy atom. The number of para-hydroxylation sites is 1. The van der Waals surface area contributed by atoms with E-state index in [0.717, 1.165) is 29.0 Å². The van der Waals surface area contributed by atoms with Crippen molar-refractivity contribution >= 4 is 35.3 Å². The lowest BCUT2D eigenvalue weighted by Gasteiger charge is -2.29. The van der Waals surface area contributed by atoms with E-state index < -0.39 is 0 Å². The molecule has 4 rings (SSSR count). The van der Waals surface area contributed by atoms with Gasteiger partial charge >= 0.3 is 0 Å². The average molecular weight is 457 g/mol. The molecule has 33 heavy (non-hydrogen) atoms. The fourth-order valence-electron chi connectivity index (χ4n) is 3.72. The number of benzene rings is 3. The second kappa shape index (κ2) is 10.5. The van der Waals surface area contributed by atoms with E-state index in [4.69, 9.17) is 0 Å². The Labute approximate surface area is 199 Å². The summed E-state index contributed by atoms with van der Waals surface area (Å²) in [5.74, 6) is -0.309. The Hall–Kier alpha value is -3.31. The molecule has 1 aliphatic rings. The van der Waals surface area contributed by atoms with Crippen molar-refractivity contribution in [3.63, 3.8) is 0 Å². The molecular weight excluding hydrogens is 428 g/mol. The van der Waals surface area contributed by atoms with Gasteiger partial charge in [0.25, 0.3) is 5.91 Å². The second-order valence-electron chi connectivity index (χ2n) is 8.15. The van der Waals surface area contributed by atoms with Gasteiger partial charge in [-0.1, -0.05) is 84.9 Å². The maximum Gasteiger partial charge on any atom is 0.265 e. The van der Waals surface area contributed by atoms with E-state index in [9.17, 15) is 9.59 Å². The molecule has 0 radical (unpaired) electrons. The molecule has 1 N–H and O–H groups in total. The summed E-state index contributed by atoms with van der Waals surface area (Å²) in [6, 6.07) is 24.3. The zero-order chi connectivity index (χ0) is 23.2. The SMILES string of the molecule is CCc1ccc(C=C2Sc3ccccc3N(CC(=O)NCCc3ccc(C)cc3)C2=O)cc1. The van der Waals surface area contributed by atoms with Gasteiger partial charge in [0.05, 0.1) is 10.6 Å². The second-order valence-corrected chi connectivity index (χ2v) is 9.23. The van der Waals surface area contributed by atoms with Crippen LogP contribution in [0.1, 0.15) is 29.2 Å². The van der Waals surface area contributed by atoms with Crippen molar-refractivity contribution in [2.75, 3.05) is 18.0 Å². The third-order valence-electron chi connectivity index (χ3n) is 5.68. The van der Waals surface area contributed by atoms with Gasteiger partial charge in [-0.15, -0.1) is 0 Å². The van der Waals surface area contributed by atoms with E-state index >= 15 is 0 Å². The van der Waals surface area contributed by atoms with E-state index in [2.05, 4.69) is 55.6 Å². The molecule has 0 aliphatic carbocycles. The maximum atomic E-state index is 13.3. The molecule has 5 heteroatoms. The van der Waals surface area contributed by atoms with Crippen LogP contribution in [0.4, 0.5) is 5.69 Å². The fourth-order valence-corrected chi connectivity index (χ4v) is 4.78. The first-order valence-corrected chi connectivity index (χ1v) is 12.1. The first kappa shape index (κ1) is 22.9. The van der Waals surface area contributed by atoms with Crippen molar-refractivity contribution in [2.45, 2.75) is 31.6 Å². The van der Waals surface area contributed by atoms with Crippen LogP contribution in [0.5, 0.6) is 0 Å². The molecule has 0 saturated carbocycles. The molecule has 0 bridgehead atoms. The first-order valence-electron chi connectivity index (χ1n) is 11.2. The number of nitrogens with one attached hydrogen (secondary N) is 1. The zero-order valence-corrected chi connectivity index (χ0v) is 19.8. The topological polar surface area (TPSA) is 49.4 Å². The van der Waals surface area contributed by atoms with Gasteiger partial charge in [0.15, 0.2) is 0 Å². The van der Waals surface area contributed by atoms with Crippen LogP contribution in [-0.2, 0) is 22.4 Å². The normalized spacial score (nSPS) is 14.3. The minimum atomic E-state index is -0.163. The third-order valence-corrected chi connectivity index (χ3v) is 6.75. The van der Waals surface area contributed by atoms with E-state index in [1.165, 1.54) is 28.5 Å². The van der Waals surface area contributed by atoms with E-state index in [-0.39, 0.29) is 18.4 Å². The van der Waals surface area contributed by atoms with Gasteiger partial charge < -0.3 is 5.32 Å². The third kappa shape index (κ3) is 5.74. The van der Waals surface area contributed by atoms with E-state index in [0.29, 0.717) is 11.4 Å². The van der Waals surface area contributed by atoms with Crippen molar-refractivity contribution < 1.29 is 9.59 Å². The summed E-state index contributed by atoms with van der Waals surface area (Å²) in [5, 5.41) is 2.96. The number of aryl methyl sites for hydroxylation is 2. The van der Waals surface area contributed by atoms with Crippen LogP contribution in [0.2, 0.25) is 0 Å². The Balaban J connectivity index is 1.47. The number of carbonyl (C=O) groups excluding carboxylic acids is 2. The molecule has 0 atom stereocenters. The molecule has 1 aliphatic heterocycles. The molecule has 0 fully saturated rings. The molecule has 0 spiro atoms. The highest BCUT2D eigenvalue weighted by Gasteiger charge is 2.30. The molecule has 2 amide bonds. The Morgan fingerprint density at radius 1 is 0.970 bits per heavy atom. The number of amides is 2. The molecule has 3 aromatic rings. The van der Waals surface area contributed by atoms with Crippen molar-refractivity contribution in [2.24, 2.45) is 0 Å². The summed E-state index contributed by atoms with van der Waals surface area (Å²) in [5.41, 5.74) is 5.41. The number of rotatable bonds is 7. The molecule has 0 unspecified atom stereocenters. The van der Waals surface area contributed by atoms with Crippen LogP contribution in [-0.4, -0.2) is 24.9 Å². The Bertz CT molecular complexity index is 1170. The predicted molar refractivity (Wildman–Crippen MR) is 136 cm³/mol. The largest absolute Gasteiger partial charge is 0.354 e. The number of carbonyl (C=O) groups is 2. The lowest BCUT2D eigenvalue weighted by Crippen LogP contribution is -2.43. The number of nitrogens with zero attached hydrogens (tertiary/aromatic N) is 1. The molecule has 3 aromatic carbocycles. The highest BCUT2D eigenvalue weighted by molar-refractivity contribution is 8.04. The van der Waals surface area contributed by atoms with Crippen molar-refractivity contribution in [1.29, 1.82) is 0 Å². The summed E-state index contributed by atoms with van der Waals surface area (Å²) < 4.78 is 0. The summed E-state index contributed by atoms with van der Waals surface area (Å²) in [6.07, 6.45) is 3.64. The Morgan fingerprint density at radius 2 is 1.67 bits per heavy atom. The van der Waals surface area contributed by atoms with Crippen LogP contribution in [0, 0.1) is 6.92 Å². The standard InChI is InChI=1S/C28H28N2O2S/c1-3-21-12-14-23(15-13-21)18-26-28(32)30(24-6-4-5-7-25(24)33-26)19-27(31)29-17-16-22-10-8-20(2)9-11-22/h4-15,18H,3,16-17,19H2,1-2H3,(H,29,31). The monoisotopic (exact) mass is 456 g/mol. The zero-order valence-electron chi connectivity index (χ0n) is 19.0. The van der Waals surface area contributed by atoms with Gasteiger partial charge in [0.1, 0.15) is 6.54 Å². The average Bonchev–Trinajstić information content (AvgIpc) is 2.83. The fraction of sp³-hybridized carbons (Fsp3) is 0.214. The summed E-state index contributed by atoms with van der Waals surface area (Å²) in [4.78, 5) is 29.2. The summed E-state index contributed by atoms with van der Waals surface area (Å²) in [7, 11) is 0. The van der Waals surface area contributed by atoms with Crippen molar-refractivity contribution in [3.8, 4) is 0 Å². The molecule has 4 nitrogen and oxygen atoms in total. The van der Waals surface area contributed by atoms with Gasteiger partial charge in [0.2, 0.25) is 5.91 Å². The lowest BCUT2D eigenvalue weighted by atomic mass is 10.1. The van der Waals surface area contributed by atoms with Gasteiger partial charge in [-0.3, -0.25) is 14.5 Å². The molecule has 168 valence electrons. The molecular formula is C28H28N2O2S. The van der Waals surface area contributed by atoms with Gasteiger partial charge in [-0.05, 0) is 54.7 Å². The molecule has 0 saturated heterocycles. The Kier molecular flexibility index (Phi) is 7.30. The van der Waals surface area contributed by atoms with Gasteiger partial charge in [-0.2, -0.15) is 0 Å². The van der Waals surface area contributed by atoms with Crippen LogP contribution < -0.4 is 10.2 Å². The van der Waals surface area contributed by atoms with Crippen LogP contribution >= 0.6 is 11.8 Å². The van der Waals surface area contributed by atoms with Gasteiger partial charge in [0, 0.05) is 11.4 Å². The van der Waals surface area contributed by atoms with Crippen LogP contribution in [0.25, 0.3) is 6.08 Å². The minimum absolute atomic E-state index is 0.00355. The van der Waals surface area contributed by atoms with Crippen molar-refractivity contribution in [3.05, 3.63) is 100.0 Å². The lowest BCUT2D eigenvalue weighted by molar-refractivity contribution is -0.122. The highest BCUT2D eigenvalue weighted by atomic mass is 32.2. The van der Waals surface area contributed by atoms with Crippen LogP contribution in [0.15, 0.2) is 82.6 Å². The predicted octanol–water partition coefficient (Wildman–Crippen LogP) is 5.40. The smallest absolute Gasteiger partial charge is 0.265 e. The van der Waals surface area contributed by atoms with Crippen LogP contribution in [0.3, 0.4) is 0 Å².